The molecule has 1 fully saturated rings. The Morgan fingerprint density at radius 3 is 2.70 bits per heavy atom. The standard InChI is InChI=1S/C13H24N6O/c1-3-13(4-2)8-9(5-6-20-13)16-10-7-11(19-15)18-12(14)17-10/h7,9H,3-6,8,15H2,1-2H3,(H4,14,16,17,18,19). The van der Waals surface area contributed by atoms with Crippen LogP contribution in [0.4, 0.5) is 17.6 Å². The molecule has 7 heteroatoms. The summed E-state index contributed by atoms with van der Waals surface area (Å²) in [4.78, 5) is 8.17. The van der Waals surface area contributed by atoms with Gasteiger partial charge in [0.15, 0.2) is 0 Å². The van der Waals surface area contributed by atoms with Crippen LogP contribution in [0, 0.1) is 0 Å². The zero-order valence-corrected chi connectivity index (χ0v) is 12.1. The van der Waals surface area contributed by atoms with Crippen molar-refractivity contribution in [1.82, 2.24) is 9.97 Å². The molecule has 1 aromatic heterocycles. The van der Waals surface area contributed by atoms with Crippen LogP contribution >= 0.6 is 0 Å². The molecule has 0 spiro atoms. The molecule has 7 nitrogen and oxygen atoms in total. The summed E-state index contributed by atoms with van der Waals surface area (Å²) in [6.45, 7) is 5.11. The molecular weight excluding hydrogens is 256 g/mol. The molecule has 112 valence electrons. The van der Waals surface area contributed by atoms with Crippen molar-refractivity contribution in [3.8, 4) is 0 Å². The molecule has 6 N–H and O–H groups in total. The number of rotatable bonds is 5. The van der Waals surface area contributed by atoms with Crippen molar-refractivity contribution in [3.63, 3.8) is 0 Å². The third-order valence-electron chi connectivity index (χ3n) is 4.02. The van der Waals surface area contributed by atoms with E-state index in [0.29, 0.717) is 17.7 Å². The van der Waals surface area contributed by atoms with Gasteiger partial charge >= 0.3 is 0 Å². The molecule has 1 atom stereocenters. The second kappa shape index (κ2) is 6.23. The van der Waals surface area contributed by atoms with Gasteiger partial charge in [-0.1, -0.05) is 13.8 Å². The average molecular weight is 280 g/mol. The van der Waals surface area contributed by atoms with Crippen LogP contribution in [-0.4, -0.2) is 28.2 Å². The Hall–Kier alpha value is -1.60. The summed E-state index contributed by atoms with van der Waals surface area (Å²) in [6, 6.07) is 2.08. The van der Waals surface area contributed by atoms with Crippen LogP contribution in [0.5, 0.6) is 0 Å². The highest BCUT2D eigenvalue weighted by Gasteiger charge is 2.34. The number of nitrogen functional groups attached to an aromatic ring is 2. The maximum atomic E-state index is 5.97. The van der Waals surface area contributed by atoms with E-state index in [1.54, 1.807) is 6.07 Å². The van der Waals surface area contributed by atoms with Crippen molar-refractivity contribution in [2.75, 3.05) is 23.1 Å². The summed E-state index contributed by atoms with van der Waals surface area (Å²) in [5.41, 5.74) is 8.13. The number of aromatic nitrogens is 2. The fraction of sp³-hybridized carbons (Fsp3) is 0.692. The van der Waals surface area contributed by atoms with Crippen LogP contribution in [0.3, 0.4) is 0 Å². The Bertz CT molecular complexity index is 448. The molecule has 0 amide bonds. The smallest absolute Gasteiger partial charge is 0.223 e. The van der Waals surface area contributed by atoms with Gasteiger partial charge < -0.3 is 21.2 Å². The van der Waals surface area contributed by atoms with Gasteiger partial charge in [-0.05, 0) is 25.7 Å². The summed E-state index contributed by atoms with van der Waals surface area (Å²) in [6.07, 6.45) is 3.96. The molecule has 0 radical (unpaired) electrons. The topological polar surface area (TPSA) is 111 Å². The maximum absolute atomic E-state index is 5.97. The van der Waals surface area contributed by atoms with Crippen molar-refractivity contribution < 1.29 is 4.74 Å². The van der Waals surface area contributed by atoms with Crippen molar-refractivity contribution in [2.45, 2.75) is 51.2 Å². The Balaban J connectivity index is 2.08. The van der Waals surface area contributed by atoms with Crippen molar-refractivity contribution in [2.24, 2.45) is 5.84 Å². The zero-order chi connectivity index (χ0) is 14.6. The molecule has 2 rings (SSSR count). The zero-order valence-electron chi connectivity index (χ0n) is 12.1. The first-order chi connectivity index (χ1) is 9.60. The van der Waals surface area contributed by atoms with Gasteiger partial charge in [0.1, 0.15) is 11.6 Å². The lowest BCUT2D eigenvalue weighted by atomic mass is 9.86. The van der Waals surface area contributed by atoms with E-state index in [9.17, 15) is 0 Å². The van der Waals surface area contributed by atoms with E-state index < -0.39 is 0 Å². The van der Waals surface area contributed by atoms with Gasteiger partial charge in [0.2, 0.25) is 5.95 Å². The fourth-order valence-corrected chi connectivity index (χ4v) is 2.72. The number of nitrogens with two attached hydrogens (primary N) is 2. The van der Waals surface area contributed by atoms with Crippen LogP contribution < -0.4 is 22.3 Å². The Kier molecular flexibility index (Phi) is 4.61. The minimum Gasteiger partial charge on any atom is -0.375 e. The number of hydrogen-bond donors (Lipinski definition) is 4. The molecule has 20 heavy (non-hydrogen) atoms. The molecule has 1 aromatic rings. The highest BCUT2D eigenvalue weighted by Crippen LogP contribution is 2.32. The third-order valence-corrected chi connectivity index (χ3v) is 4.02. The van der Waals surface area contributed by atoms with Crippen LogP contribution in [0.1, 0.15) is 39.5 Å². The van der Waals surface area contributed by atoms with Gasteiger partial charge in [-0.25, -0.2) is 5.84 Å². The molecule has 0 aliphatic carbocycles. The molecule has 2 heterocycles. The number of nitrogens with one attached hydrogen (secondary N) is 2. The molecule has 1 saturated heterocycles. The van der Waals surface area contributed by atoms with Crippen molar-refractivity contribution in [3.05, 3.63) is 6.07 Å². The van der Waals surface area contributed by atoms with Crippen LogP contribution in [0.15, 0.2) is 6.07 Å². The first-order valence-corrected chi connectivity index (χ1v) is 7.12. The van der Waals surface area contributed by atoms with Crippen LogP contribution in [0.25, 0.3) is 0 Å². The van der Waals surface area contributed by atoms with Gasteiger partial charge in [0.05, 0.1) is 5.60 Å². The van der Waals surface area contributed by atoms with E-state index in [1.807, 2.05) is 0 Å². The third kappa shape index (κ3) is 3.29. The largest absolute Gasteiger partial charge is 0.375 e. The minimum atomic E-state index is -0.0244. The van der Waals surface area contributed by atoms with Crippen molar-refractivity contribution >= 4 is 17.6 Å². The number of anilines is 3. The Morgan fingerprint density at radius 2 is 2.05 bits per heavy atom. The second-order valence-electron chi connectivity index (χ2n) is 5.21. The van der Waals surface area contributed by atoms with Gasteiger partial charge in [-0.2, -0.15) is 9.97 Å². The summed E-state index contributed by atoms with van der Waals surface area (Å²) < 4.78 is 5.97. The second-order valence-corrected chi connectivity index (χ2v) is 5.21. The summed E-state index contributed by atoms with van der Waals surface area (Å²) >= 11 is 0. The lowest BCUT2D eigenvalue weighted by Crippen LogP contribution is -2.43. The molecule has 1 aliphatic heterocycles. The molecule has 1 unspecified atom stereocenters. The van der Waals surface area contributed by atoms with Gasteiger partial charge in [-0.15, -0.1) is 0 Å². The Morgan fingerprint density at radius 1 is 1.35 bits per heavy atom. The molecule has 1 aliphatic rings. The molecule has 0 aromatic carbocycles. The van der Waals surface area contributed by atoms with Gasteiger partial charge in [0, 0.05) is 18.7 Å². The monoisotopic (exact) mass is 280 g/mol. The number of hydrazine groups is 1. The summed E-state index contributed by atoms with van der Waals surface area (Å²) in [7, 11) is 0. The van der Waals surface area contributed by atoms with Gasteiger partial charge in [-0.3, -0.25) is 0 Å². The molecule has 0 bridgehead atoms. The normalized spacial score (nSPS) is 21.4. The van der Waals surface area contributed by atoms with E-state index in [4.69, 9.17) is 16.3 Å². The first-order valence-electron chi connectivity index (χ1n) is 7.12. The lowest BCUT2D eigenvalue weighted by molar-refractivity contribution is -0.0864. The van der Waals surface area contributed by atoms with E-state index in [0.717, 1.165) is 32.3 Å². The number of hydrogen-bond acceptors (Lipinski definition) is 7. The quantitative estimate of drug-likeness (QED) is 0.477. The minimum absolute atomic E-state index is 0.0244. The molecular formula is C13H24N6O. The van der Waals surface area contributed by atoms with E-state index in [1.165, 1.54) is 0 Å². The first kappa shape index (κ1) is 14.8. The number of ether oxygens (including phenoxy) is 1. The molecule has 0 saturated carbocycles. The fourth-order valence-electron chi connectivity index (χ4n) is 2.72. The van der Waals surface area contributed by atoms with Crippen LogP contribution in [0.2, 0.25) is 0 Å². The van der Waals surface area contributed by atoms with Crippen LogP contribution in [-0.2, 0) is 4.74 Å². The summed E-state index contributed by atoms with van der Waals surface area (Å²) in [5.74, 6) is 6.76. The maximum Gasteiger partial charge on any atom is 0.223 e. The van der Waals surface area contributed by atoms with E-state index in [-0.39, 0.29) is 11.5 Å². The van der Waals surface area contributed by atoms with E-state index >= 15 is 0 Å². The van der Waals surface area contributed by atoms with E-state index in [2.05, 4.69) is 34.6 Å². The lowest BCUT2D eigenvalue weighted by Gasteiger charge is -2.40. The highest BCUT2D eigenvalue weighted by molar-refractivity contribution is 5.50. The SMILES string of the molecule is CCC1(CC)CC(Nc2cc(NN)nc(N)n2)CCO1. The number of nitrogens with zero attached hydrogens (tertiary/aromatic N) is 2. The predicted octanol–water partition coefficient (Wildman–Crippen LogP) is 1.49. The predicted molar refractivity (Wildman–Crippen MR) is 80.2 cm³/mol. The van der Waals surface area contributed by atoms with Gasteiger partial charge in [0.25, 0.3) is 0 Å². The summed E-state index contributed by atoms with van der Waals surface area (Å²) in [5, 5.41) is 3.41. The Labute approximate surface area is 119 Å². The highest BCUT2D eigenvalue weighted by atomic mass is 16.5. The average Bonchev–Trinajstić information content (AvgIpc) is 2.46. The van der Waals surface area contributed by atoms with Crippen molar-refractivity contribution in [1.29, 1.82) is 0 Å².